The van der Waals surface area contributed by atoms with Crippen molar-refractivity contribution in [2.45, 2.75) is 57.2 Å². The van der Waals surface area contributed by atoms with Crippen molar-refractivity contribution in [1.29, 1.82) is 0 Å². The Morgan fingerprint density at radius 2 is 1.91 bits per heavy atom. The van der Waals surface area contributed by atoms with Crippen molar-refractivity contribution in [3.05, 3.63) is 0 Å². The summed E-state index contributed by atoms with van der Waals surface area (Å²) in [6.07, 6.45) is 4.87. The van der Waals surface area contributed by atoms with Crippen LogP contribution < -0.4 is 0 Å². The first kappa shape index (κ1) is 9.01. The second-order valence-corrected chi connectivity index (χ2v) is 3.71. The molecule has 0 saturated heterocycles. The highest BCUT2D eigenvalue weighted by Crippen LogP contribution is 2.31. The lowest BCUT2D eigenvalue weighted by molar-refractivity contribution is -0.0376. The van der Waals surface area contributed by atoms with E-state index in [4.69, 9.17) is 0 Å². The molecule has 0 unspecified atom stereocenters. The minimum absolute atomic E-state index is 0.160. The fourth-order valence-electron chi connectivity index (χ4n) is 1.86. The maximum absolute atomic E-state index is 9.88. The Balaban J connectivity index is 2.35. The molecule has 2 N–H and O–H groups in total. The third-order valence-electron chi connectivity index (χ3n) is 2.60. The molecule has 0 aromatic rings. The average molecular weight is 158 g/mol. The lowest BCUT2D eigenvalue weighted by Gasteiger charge is -2.34. The molecule has 2 heteroatoms. The number of hydrogen-bond donors (Lipinski definition) is 2. The molecule has 1 rings (SSSR count). The van der Waals surface area contributed by atoms with E-state index in [9.17, 15) is 10.2 Å². The lowest BCUT2D eigenvalue weighted by Crippen LogP contribution is -2.35. The van der Waals surface area contributed by atoms with Crippen LogP contribution >= 0.6 is 0 Å². The monoisotopic (exact) mass is 158 g/mol. The van der Waals surface area contributed by atoms with Crippen LogP contribution in [0.15, 0.2) is 0 Å². The molecule has 0 atom stereocenters. The van der Waals surface area contributed by atoms with Gasteiger partial charge in [0, 0.05) is 0 Å². The summed E-state index contributed by atoms with van der Waals surface area (Å²) >= 11 is 0. The maximum Gasteiger partial charge on any atom is 0.0649 e. The van der Waals surface area contributed by atoms with Gasteiger partial charge in [-0.1, -0.05) is 13.3 Å². The van der Waals surface area contributed by atoms with E-state index in [0.717, 1.165) is 38.5 Å². The summed E-state index contributed by atoms with van der Waals surface area (Å²) in [6, 6.07) is 0. The van der Waals surface area contributed by atoms with Crippen molar-refractivity contribution in [2.75, 3.05) is 0 Å². The molecule has 0 heterocycles. The van der Waals surface area contributed by atoms with Gasteiger partial charge in [-0.25, -0.2) is 0 Å². The molecule has 0 aromatic heterocycles. The molecule has 0 radical (unpaired) electrons. The van der Waals surface area contributed by atoms with Crippen LogP contribution in [0.2, 0.25) is 0 Å². The van der Waals surface area contributed by atoms with Gasteiger partial charge in [0.15, 0.2) is 0 Å². The van der Waals surface area contributed by atoms with E-state index >= 15 is 0 Å². The molecule has 0 amide bonds. The molecule has 0 aliphatic heterocycles. The van der Waals surface area contributed by atoms with Crippen molar-refractivity contribution >= 4 is 0 Å². The van der Waals surface area contributed by atoms with Crippen LogP contribution in [0.5, 0.6) is 0 Å². The lowest BCUT2D eigenvalue weighted by atomic mass is 9.81. The SMILES string of the molecule is CCCC1(O)CCC(O)CC1. The van der Waals surface area contributed by atoms with E-state index in [-0.39, 0.29) is 6.10 Å². The largest absolute Gasteiger partial charge is 0.393 e. The molecule has 0 bridgehead atoms. The summed E-state index contributed by atoms with van der Waals surface area (Å²) in [5.41, 5.74) is -0.450. The molecule has 0 spiro atoms. The van der Waals surface area contributed by atoms with Crippen molar-refractivity contribution in [3.63, 3.8) is 0 Å². The van der Waals surface area contributed by atoms with Gasteiger partial charge in [0.2, 0.25) is 0 Å². The number of aliphatic hydroxyl groups excluding tert-OH is 1. The molecule has 1 aliphatic rings. The second kappa shape index (κ2) is 3.55. The molecule has 0 aromatic carbocycles. The quantitative estimate of drug-likeness (QED) is 0.638. The minimum Gasteiger partial charge on any atom is -0.393 e. The Morgan fingerprint density at radius 3 is 2.36 bits per heavy atom. The van der Waals surface area contributed by atoms with Crippen LogP contribution in [0.1, 0.15) is 45.4 Å². The number of aliphatic hydroxyl groups is 2. The Labute approximate surface area is 68.2 Å². The molecule has 11 heavy (non-hydrogen) atoms. The molecular formula is C9H18O2. The zero-order valence-electron chi connectivity index (χ0n) is 7.21. The Bertz CT molecular complexity index is 115. The van der Waals surface area contributed by atoms with E-state index in [1.54, 1.807) is 0 Å². The summed E-state index contributed by atoms with van der Waals surface area (Å²) < 4.78 is 0. The van der Waals surface area contributed by atoms with E-state index in [2.05, 4.69) is 6.92 Å². The van der Waals surface area contributed by atoms with Crippen LogP contribution in [0, 0.1) is 0 Å². The molecule has 1 aliphatic carbocycles. The van der Waals surface area contributed by atoms with Gasteiger partial charge >= 0.3 is 0 Å². The predicted octanol–water partition coefficient (Wildman–Crippen LogP) is 1.45. The molecule has 1 fully saturated rings. The smallest absolute Gasteiger partial charge is 0.0649 e. The van der Waals surface area contributed by atoms with E-state index in [1.807, 2.05) is 0 Å². The third kappa shape index (κ3) is 2.46. The van der Waals surface area contributed by atoms with E-state index in [0.29, 0.717) is 0 Å². The van der Waals surface area contributed by atoms with Gasteiger partial charge in [0.05, 0.1) is 11.7 Å². The van der Waals surface area contributed by atoms with Crippen LogP contribution in [0.4, 0.5) is 0 Å². The highest BCUT2D eigenvalue weighted by atomic mass is 16.3. The Hall–Kier alpha value is -0.0800. The minimum atomic E-state index is -0.450. The molecular weight excluding hydrogens is 140 g/mol. The number of hydrogen-bond acceptors (Lipinski definition) is 2. The van der Waals surface area contributed by atoms with E-state index in [1.165, 1.54) is 0 Å². The van der Waals surface area contributed by atoms with Crippen molar-refractivity contribution in [2.24, 2.45) is 0 Å². The number of rotatable bonds is 2. The van der Waals surface area contributed by atoms with Crippen molar-refractivity contribution in [3.8, 4) is 0 Å². The molecule has 66 valence electrons. The summed E-state index contributed by atoms with van der Waals surface area (Å²) in [6.45, 7) is 2.09. The van der Waals surface area contributed by atoms with Gasteiger partial charge in [-0.15, -0.1) is 0 Å². The zero-order chi connectivity index (χ0) is 8.32. The standard InChI is InChI=1S/C9H18O2/c1-2-5-9(11)6-3-8(10)4-7-9/h8,10-11H,2-7H2,1H3. The first-order valence-corrected chi connectivity index (χ1v) is 4.57. The summed E-state index contributed by atoms with van der Waals surface area (Å²) in [7, 11) is 0. The zero-order valence-corrected chi connectivity index (χ0v) is 7.21. The first-order chi connectivity index (χ1) is 5.16. The normalized spacial score (nSPS) is 39.0. The van der Waals surface area contributed by atoms with Crippen molar-refractivity contribution < 1.29 is 10.2 Å². The van der Waals surface area contributed by atoms with Gasteiger partial charge in [-0.05, 0) is 32.1 Å². The topological polar surface area (TPSA) is 40.5 Å². The predicted molar refractivity (Wildman–Crippen MR) is 44.3 cm³/mol. The molecule has 2 nitrogen and oxygen atoms in total. The fraction of sp³-hybridized carbons (Fsp3) is 1.00. The molecule has 1 saturated carbocycles. The van der Waals surface area contributed by atoms with Gasteiger partial charge in [0.1, 0.15) is 0 Å². The van der Waals surface area contributed by atoms with Gasteiger partial charge in [-0.2, -0.15) is 0 Å². The first-order valence-electron chi connectivity index (χ1n) is 4.57. The Morgan fingerprint density at radius 1 is 1.36 bits per heavy atom. The van der Waals surface area contributed by atoms with E-state index < -0.39 is 5.60 Å². The van der Waals surface area contributed by atoms with Crippen molar-refractivity contribution in [1.82, 2.24) is 0 Å². The van der Waals surface area contributed by atoms with Gasteiger partial charge < -0.3 is 10.2 Å². The van der Waals surface area contributed by atoms with Crippen LogP contribution in [-0.4, -0.2) is 21.9 Å². The van der Waals surface area contributed by atoms with Crippen LogP contribution in [0.3, 0.4) is 0 Å². The van der Waals surface area contributed by atoms with Crippen LogP contribution in [-0.2, 0) is 0 Å². The summed E-state index contributed by atoms with van der Waals surface area (Å²) in [5.74, 6) is 0. The maximum atomic E-state index is 9.88. The Kier molecular flexibility index (Phi) is 2.90. The van der Waals surface area contributed by atoms with Crippen LogP contribution in [0.25, 0.3) is 0 Å². The highest BCUT2D eigenvalue weighted by molar-refractivity contribution is 4.84. The average Bonchev–Trinajstić information content (AvgIpc) is 1.97. The van der Waals surface area contributed by atoms with Gasteiger partial charge in [-0.3, -0.25) is 0 Å². The highest BCUT2D eigenvalue weighted by Gasteiger charge is 2.31. The summed E-state index contributed by atoms with van der Waals surface area (Å²) in [4.78, 5) is 0. The third-order valence-corrected chi connectivity index (χ3v) is 2.60. The second-order valence-electron chi connectivity index (χ2n) is 3.71. The summed E-state index contributed by atoms with van der Waals surface area (Å²) in [5, 5.41) is 19.1. The fourth-order valence-corrected chi connectivity index (χ4v) is 1.86. The van der Waals surface area contributed by atoms with Gasteiger partial charge in [0.25, 0.3) is 0 Å².